The number of carbonyl (C=O) groups is 1. The average Bonchev–Trinajstić information content (AvgIpc) is 3.15. The first-order valence-electron chi connectivity index (χ1n) is 9.06. The van der Waals surface area contributed by atoms with E-state index in [9.17, 15) is 9.90 Å². The van der Waals surface area contributed by atoms with Gasteiger partial charge in [0.15, 0.2) is 0 Å². The van der Waals surface area contributed by atoms with E-state index in [1.54, 1.807) is 12.1 Å². The average molecular weight is 337 g/mol. The summed E-state index contributed by atoms with van der Waals surface area (Å²) in [5.74, 6) is 1.48. The van der Waals surface area contributed by atoms with Gasteiger partial charge in [-0.15, -0.1) is 0 Å². The molecule has 1 aromatic carbocycles. The van der Waals surface area contributed by atoms with Gasteiger partial charge in [-0.2, -0.15) is 0 Å². The second kappa shape index (κ2) is 6.47. The summed E-state index contributed by atoms with van der Waals surface area (Å²) < 4.78 is 0. The van der Waals surface area contributed by atoms with Crippen molar-refractivity contribution in [1.82, 2.24) is 14.9 Å². The second-order valence-corrected chi connectivity index (χ2v) is 7.08. The Morgan fingerprint density at radius 1 is 1.16 bits per heavy atom. The Bertz CT molecular complexity index is 795. The molecule has 0 saturated heterocycles. The highest BCUT2D eigenvalue weighted by Gasteiger charge is 2.31. The fraction of sp³-hybridized carbons (Fsp3) is 0.450. The summed E-state index contributed by atoms with van der Waals surface area (Å²) in [5, 5.41) is 9.55. The molecule has 1 amide bonds. The molecule has 25 heavy (non-hydrogen) atoms. The summed E-state index contributed by atoms with van der Waals surface area (Å²) in [4.78, 5) is 24.1. The Morgan fingerprint density at radius 3 is 2.60 bits per heavy atom. The Balaban J connectivity index is 1.68. The first-order chi connectivity index (χ1) is 12.1. The van der Waals surface area contributed by atoms with Gasteiger partial charge in [0.2, 0.25) is 5.91 Å². The lowest BCUT2D eigenvalue weighted by molar-refractivity contribution is -0.136. The van der Waals surface area contributed by atoms with Gasteiger partial charge in [0.05, 0.1) is 11.4 Å². The number of fused-ring (bicyclic) bond motifs is 1. The van der Waals surface area contributed by atoms with Crippen LogP contribution in [0.1, 0.15) is 42.8 Å². The third kappa shape index (κ3) is 3.11. The van der Waals surface area contributed by atoms with Crippen molar-refractivity contribution in [2.24, 2.45) is 5.92 Å². The van der Waals surface area contributed by atoms with Crippen molar-refractivity contribution < 1.29 is 9.90 Å². The highest BCUT2D eigenvalue weighted by atomic mass is 16.3. The maximum atomic E-state index is 12.8. The van der Waals surface area contributed by atoms with E-state index >= 15 is 0 Å². The molecule has 0 unspecified atom stereocenters. The standard InChI is InChI=1S/C20H23N3O2/c1-13-21-18-10-11-23(20(25)15-4-2-3-5-15)12-17(18)19(22-13)14-6-8-16(24)9-7-14/h6-9,15,24H,2-5,10-12H2,1H3. The molecule has 2 heterocycles. The maximum Gasteiger partial charge on any atom is 0.225 e. The molecule has 1 aliphatic carbocycles. The number of amides is 1. The van der Waals surface area contributed by atoms with Crippen LogP contribution >= 0.6 is 0 Å². The lowest BCUT2D eigenvalue weighted by Crippen LogP contribution is -2.40. The van der Waals surface area contributed by atoms with Crippen LogP contribution in [0.25, 0.3) is 11.3 Å². The molecule has 1 aromatic heterocycles. The molecule has 1 fully saturated rings. The van der Waals surface area contributed by atoms with Crippen LogP contribution in [-0.4, -0.2) is 32.4 Å². The summed E-state index contributed by atoms with van der Waals surface area (Å²) in [6.45, 7) is 3.23. The van der Waals surface area contributed by atoms with Gasteiger partial charge in [0, 0.05) is 36.6 Å². The number of rotatable bonds is 2. The fourth-order valence-electron chi connectivity index (χ4n) is 4.01. The normalized spacial score (nSPS) is 17.6. The van der Waals surface area contributed by atoms with E-state index in [0.717, 1.165) is 54.1 Å². The van der Waals surface area contributed by atoms with Crippen molar-refractivity contribution in [2.45, 2.75) is 45.6 Å². The van der Waals surface area contributed by atoms with E-state index in [-0.39, 0.29) is 11.7 Å². The van der Waals surface area contributed by atoms with Gasteiger partial charge in [-0.1, -0.05) is 12.8 Å². The van der Waals surface area contributed by atoms with Crippen molar-refractivity contribution >= 4 is 5.91 Å². The van der Waals surface area contributed by atoms with Crippen LogP contribution in [0.4, 0.5) is 0 Å². The van der Waals surface area contributed by atoms with Crippen LogP contribution in [0.3, 0.4) is 0 Å². The zero-order valence-corrected chi connectivity index (χ0v) is 14.5. The molecule has 1 saturated carbocycles. The van der Waals surface area contributed by atoms with Crippen LogP contribution in [0.5, 0.6) is 5.75 Å². The van der Waals surface area contributed by atoms with Crippen LogP contribution in [0, 0.1) is 12.8 Å². The topological polar surface area (TPSA) is 66.3 Å². The number of hydrogen-bond acceptors (Lipinski definition) is 4. The van der Waals surface area contributed by atoms with Crippen molar-refractivity contribution in [3.05, 3.63) is 41.3 Å². The minimum absolute atomic E-state index is 0.199. The molecule has 1 N–H and O–H groups in total. The van der Waals surface area contributed by atoms with Gasteiger partial charge in [-0.25, -0.2) is 9.97 Å². The summed E-state index contributed by atoms with van der Waals surface area (Å²) in [5.41, 5.74) is 3.93. The summed E-state index contributed by atoms with van der Waals surface area (Å²) in [7, 11) is 0. The lowest BCUT2D eigenvalue weighted by Gasteiger charge is -2.31. The third-order valence-electron chi connectivity index (χ3n) is 5.33. The van der Waals surface area contributed by atoms with Crippen LogP contribution in [0.2, 0.25) is 0 Å². The quantitative estimate of drug-likeness (QED) is 0.914. The Kier molecular flexibility index (Phi) is 4.15. The smallest absolute Gasteiger partial charge is 0.225 e. The van der Waals surface area contributed by atoms with E-state index in [1.165, 1.54) is 12.8 Å². The highest BCUT2D eigenvalue weighted by Crippen LogP contribution is 2.32. The molecule has 2 aliphatic rings. The van der Waals surface area contributed by atoms with Gasteiger partial charge in [-0.05, 0) is 44.0 Å². The first kappa shape index (κ1) is 16.1. The van der Waals surface area contributed by atoms with E-state index in [1.807, 2.05) is 24.0 Å². The highest BCUT2D eigenvalue weighted by molar-refractivity contribution is 5.80. The zero-order chi connectivity index (χ0) is 17.4. The van der Waals surface area contributed by atoms with Gasteiger partial charge < -0.3 is 10.0 Å². The van der Waals surface area contributed by atoms with Gasteiger partial charge >= 0.3 is 0 Å². The molecule has 2 aromatic rings. The van der Waals surface area contributed by atoms with Crippen LogP contribution in [-0.2, 0) is 17.8 Å². The molecule has 0 radical (unpaired) electrons. The van der Waals surface area contributed by atoms with Crippen molar-refractivity contribution in [3.8, 4) is 17.0 Å². The van der Waals surface area contributed by atoms with Crippen molar-refractivity contribution in [3.63, 3.8) is 0 Å². The summed E-state index contributed by atoms with van der Waals surface area (Å²) in [6, 6.07) is 7.08. The Hall–Kier alpha value is -2.43. The van der Waals surface area contributed by atoms with Crippen molar-refractivity contribution in [2.75, 3.05) is 6.54 Å². The van der Waals surface area contributed by atoms with Gasteiger partial charge in [-0.3, -0.25) is 4.79 Å². The number of aromatic hydroxyl groups is 1. The van der Waals surface area contributed by atoms with E-state index in [0.29, 0.717) is 12.5 Å². The number of phenols is 1. The largest absolute Gasteiger partial charge is 0.508 e. The zero-order valence-electron chi connectivity index (χ0n) is 14.5. The molecule has 5 heteroatoms. The van der Waals surface area contributed by atoms with Gasteiger partial charge in [0.1, 0.15) is 11.6 Å². The summed E-state index contributed by atoms with van der Waals surface area (Å²) >= 11 is 0. The maximum absolute atomic E-state index is 12.8. The minimum Gasteiger partial charge on any atom is -0.508 e. The number of phenolic OH excluding ortho intramolecular Hbond substituents is 1. The SMILES string of the molecule is Cc1nc2c(c(-c3ccc(O)cc3)n1)CN(C(=O)C1CCCC1)CC2. The van der Waals surface area contributed by atoms with E-state index in [2.05, 4.69) is 9.97 Å². The fourth-order valence-corrected chi connectivity index (χ4v) is 4.01. The number of carbonyl (C=O) groups excluding carboxylic acids is 1. The Morgan fingerprint density at radius 2 is 1.88 bits per heavy atom. The summed E-state index contributed by atoms with van der Waals surface area (Å²) in [6.07, 6.45) is 5.17. The predicted molar refractivity (Wildman–Crippen MR) is 94.9 cm³/mol. The molecular formula is C20H23N3O2. The molecule has 0 bridgehead atoms. The van der Waals surface area contributed by atoms with Crippen molar-refractivity contribution in [1.29, 1.82) is 0 Å². The van der Waals surface area contributed by atoms with Crippen LogP contribution in [0.15, 0.2) is 24.3 Å². The molecule has 130 valence electrons. The number of benzene rings is 1. The van der Waals surface area contributed by atoms with E-state index in [4.69, 9.17) is 0 Å². The van der Waals surface area contributed by atoms with Gasteiger partial charge in [0.25, 0.3) is 0 Å². The molecular weight excluding hydrogens is 314 g/mol. The molecule has 4 rings (SSSR count). The molecule has 0 atom stereocenters. The van der Waals surface area contributed by atoms with Crippen LogP contribution < -0.4 is 0 Å². The molecule has 0 spiro atoms. The number of hydrogen-bond donors (Lipinski definition) is 1. The number of aromatic nitrogens is 2. The number of nitrogens with zero attached hydrogens (tertiary/aromatic N) is 3. The molecule has 5 nitrogen and oxygen atoms in total. The monoisotopic (exact) mass is 337 g/mol. The Labute approximate surface area is 147 Å². The third-order valence-corrected chi connectivity index (χ3v) is 5.33. The predicted octanol–water partition coefficient (Wildman–Crippen LogP) is 3.23. The number of aryl methyl sites for hydroxylation is 1. The second-order valence-electron chi connectivity index (χ2n) is 7.08. The first-order valence-corrected chi connectivity index (χ1v) is 9.06. The van der Waals surface area contributed by atoms with E-state index < -0.39 is 0 Å². The minimum atomic E-state index is 0.199. The molecule has 1 aliphatic heterocycles. The lowest BCUT2D eigenvalue weighted by atomic mass is 9.97.